The molecule has 0 unspecified atom stereocenters. The number of nitrogens with zero attached hydrogens (tertiary/aromatic N) is 5. The van der Waals surface area contributed by atoms with Crippen molar-refractivity contribution in [2.24, 2.45) is 7.05 Å². The van der Waals surface area contributed by atoms with E-state index in [1.807, 2.05) is 24.7 Å². The van der Waals surface area contributed by atoms with Crippen molar-refractivity contribution in [3.63, 3.8) is 0 Å². The van der Waals surface area contributed by atoms with Crippen LogP contribution < -0.4 is 5.32 Å². The number of amides is 4. The minimum absolute atomic E-state index is 0.0586. The van der Waals surface area contributed by atoms with Crippen LogP contribution >= 0.6 is 0 Å². The maximum absolute atomic E-state index is 12.6. The van der Waals surface area contributed by atoms with Crippen molar-refractivity contribution < 1.29 is 14.4 Å². The molecule has 3 rings (SSSR count). The summed E-state index contributed by atoms with van der Waals surface area (Å²) in [5, 5.41) is 2.96. The maximum Gasteiger partial charge on any atom is 0.318 e. The van der Waals surface area contributed by atoms with E-state index in [4.69, 9.17) is 0 Å². The predicted octanol–water partition coefficient (Wildman–Crippen LogP) is -0.607. The van der Waals surface area contributed by atoms with Gasteiger partial charge < -0.3 is 24.6 Å². The first-order chi connectivity index (χ1) is 11.9. The Bertz CT molecular complexity index is 687. The molecule has 2 aliphatic rings. The summed E-state index contributed by atoms with van der Waals surface area (Å²) >= 11 is 0. The molecule has 0 saturated carbocycles. The summed E-state index contributed by atoms with van der Waals surface area (Å²) in [5.41, 5.74) is 0. The number of piperazine rings is 1. The second kappa shape index (κ2) is 6.73. The number of hydrogen-bond donors (Lipinski definition) is 1. The standard InChI is InChI=1S/C16H24N6O3/c1-4-21(9-13-17-5-6-19(13)2)16(25)18-11-7-12-15(24)20(3)10-14(23)22(12)8-11/h5-6,11-12H,4,7-10H2,1-3H3,(H,18,25)/t11-,12-/m0/s1. The molecule has 0 spiro atoms. The Balaban J connectivity index is 1.62. The first-order valence-electron chi connectivity index (χ1n) is 8.46. The summed E-state index contributed by atoms with van der Waals surface area (Å²) in [6.07, 6.45) is 3.99. The van der Waals surface area contributed by atoms with Gasteiger partial charge in [-0.2, -0.15) is 0 Å². The average molecular weight is 348 g/mol. The van der Waals surface area contributed by atoms with E-state index in [9.17, 15) is 14.4 Å². The number of aryl methyl sites for hydroxylation is 1. The van der Waals surface area contributed by atoms with Crippen LogP contribution in [0.2, 0.25) is 0 Å². The van der Waals surface area contributed by atoms with Crippen molar-refractivity contribution in [2.45, 2.75) is 32.0 Å². The lowest BCUT2D eigenvalue weighted by Gasteiger charge is -2.33. The van der Waals surface area contributed by atoms with Crippen molar-refractivity contribution in [1.29, 1.82) is 0 Å². The van der Waals surface area contributed by atoms with Gasteiger partial charge in [-0.05, 0) is 13.3 Å². The zero-order valence-electron chi connectivity index (χ0n) is 14.8. The highest BCUT2D eigenvalue weighted by Gasteiger charge is 2.45. The molecule has 2 saturated heterocycles. The molecule has 1 aromatic heterocycles. The molecule has 9 heteroatoms. The number of likely N-dealkylation sites (N-methyl/N-ethyl adjacent to an activating group) is 1. The van der Waals surface area contributed by atoms with Crippen LogP contribution in [0.3, 0.4) is 0 Å². The van der Waals surface area contributed by atoms with Gasteiger partial charge in [-0.15, -0.1) is 0 Å². The fraction of sp³-hybridized carbons (Fsp3) is 0.625. The first kappa shape index (κ1) is 17.2. The fourth-order valence-corrected chi connectivity index (χ4v) is 3.39. The highest BCUT2D eigenvalue weighted by molar-refractivity contribution is 5.95. The van der Waals surface area contributed by atoms with Gasteiger partial charge in [0.2, 0.25) is 11.8 Å². The van der Waals surface area contributed by atoms with E-state index in [2.05, 4.69) is 10.3 Å². The predicted molar refractivity (Wildman–Crippen MR) is 89.4 cm³/mol. The van der Waals surface area contributed by atoms with Gasteiger partial charge >= 0.3 is 6.03 Å². The monoisotopic (exact) mass is 348 g/mol. The van der Waals surface area contributed by atoms with Gasteiger partial charge in [0.1, 0.15) is 11.9 Å². The Morgan fingerprint density at radius 1 is 1.40 bits per heavy atom. The number of urea groups is 1. The van der Waals surface area contributed by atoms with Crippen LogP contribution in [0.5, 0.6) is 0 Å². The zero-order valence-corrected chi connectivity index (χ0v) is 14.8. The molecule has 1 N–H and O–H groups in total. The number of imidazole rings is 1. The Hall–Kier alpha value is -2.58. The Morgan fingerprint density at radius 3 is 2.80 bits per heavy atom. The van der Waals surface area contributed by atoms with E-state index in [0.29, 0.717) is 26.1 Å². The zero-order chi connectivity index (χ0) is 18.1. The number of fused-ring (bicyclic) bond motifs is 1. The largest absolute Gasteiger partial charge is 0.337 e. The molecule has 3 heterocycles. The highest BCUT2D eigenvalue weighted by atomic mass is 16.2. The van der Waals surface area contributed by atoms with Crippen LogP contribution in [0, 0.1) is 0 Å². The maximum atomic E-state index is 12.6. The second-order valence-corrected chi connectivity index (χ2v) is 6.61. The molecule has 1 aromatic rings. The lowest BCUT2D eigenvalue weighted by molar-refractivity contribution is -0.152. The van der Waals surface area contributed by atoms with Crippen molar-refractivity contribution >= 4 is 17.8 Å². The van der Waals surface area contributed by atoms with Crippen LogP contribution in [0.25, 0.3) is 0 Å². The van der Waals surface area contributed by atoms with E-state index in [0.717, 1.165) is 5.82 Å². The molecule has 0 bridgehead atoms. The van der Waals surface area contributed by atoms with Gasteiger partial charge in [0, 0.05) is 39.6 Å². The Kier molecular flexibility index (Phi) is 4.65. The van der Waals surface area contributed by atoms with Gasteiger partial charge in [-0.3, -0.25) is 9.59 Å². The van der Waals surface area contributed by atoms with Gasteiger partial charge in [-0.25, -0.2) is 9.78 Å². The van der Waals surface area contributed by atoms with Gasteiger partial charge in [0.05, 0.1) is 19.1 Å². The molecule has 9 nitrogen and oxygen atoms in total. The molecular weight excluding hydrogens is 324 g/mol. The molecule has 0 aromatic carbocycles. The normalized spacial score (nSPS) is 23.0. The molecule has 25 heavy (non-hydrogen) atoms. The summed E-state index contributed by atoms with van der Waals surface area (Å²) in [6, 6.07) is -0.878. The lowest BCUT2D eigenvalue weighted by Crippen LogP contribution is -2.56. The summed E-state index contributed by atoms with van der Waals surface area (Å²) in [4.78, 5) is 45.8. The first-order valence-corrected chi connectivity index (χ1v) is 8.46. The number of aromatic nitrogens is 2. The Morgan fingerprint density at radius 2 is 2.16 bits per heavy atom. The lowest BCUT2D eigenvalue weighted by atomic mass is 10.1. The molecule has 0 aliphatic carbocycles. The smallest absolute Gasteiger partial charge is 0.318 e. The highest BCUT2D eigenvalue weighted by Crippen LogP contribution is 2.23. The molecule has 2 aliphatic heterocycles. The van der Waals surface area contributed by atoms with Gasteiger partial charge in [0.25, 0.3) is 0 Å². The van der Waals surface area contributed by atoms with E-state index in [1.165, 1.54) is 4.90 Å². The van der Waals surface area contributed by atoms with Gasteiger partial charge in [0.15, 0.2) is 0 Å². The van der Waals surface area contributed by atoms with Crippen molar-refractivity contribution in [3.05, 3.63) is 18.2 Å². The number of rotatable bonds is 4. The van der Waals surface area contributed by atoms with Gasteiger partial charge in [-0.1, -0.05) is 0 Å². The van der Waals surface area contributed by atoms with Crippen LogP contribution in [0.1, 0.15) is 19.2 Å². The second-order valence-electron chi connectivity index (χ2n) is 6.61. The molecule has 2 atom stereocenters. The molecule has 2 fully saturated rings. The van der Waals surface area contributed by atoms with E-state index < -0.39 is 6.04 Å². The number of nitrogens with one attached hydrogen (secondary N) is 1. The molecule has 4 amide bonds. The molecular formula is C16H24N6O3. The number of carbonyl (C=O) groups is 3. The fourth-order valence-electron chi connectivity index (χ4n) is 3.39. The molecule has 0 radical (unpaired) electrons. The summed E-state index contributed by atoms with van der Waals surface area (Å²) in [6.45, 7) is 3.35. The average Bonchev–Trinajstić information content (AvgIpc) is 3.17. The van der Waals surface area contributed by atoms with Crippen molar-refractivity contribution in [1.82, 2.24) is 29.6 Å². The van der Waals surface area contributed by atoms with E-state index in [1.54, 1.807) is 23.0 Å². The summed E-state index contributed by atoms with van der Waals surface area (Å²) < 4.78 is 1.87. The van der Waals surface area contributed by atoms with E-state index in [-0.39, 0.29) is 30.4 Å². The van der Waals surface area contributed by atoms with Crippen molar-refractivity contribution in [3.8, 4) is 0 Å². The van der Waals surface area contributed by atoms with Crippen LogP contribution in [-0.2, 0) is 23.2 Å². The third kappa shape index (κ3) is 3.31. The van der Waals surface area contributed by atoms with Crippen LogP contribution in [0.4, 0.5) is 4.79 Å². The molecule has 136 valence electrons. The quantitative estimate of drug-likeness (QED) is 0.786. The number of carbonyl (C=O) groups excluding carboxylic acids is 3. The summed E-state index contributed by atoms with van der Waals surface area (Å²) in [5.74, 6) is 0.675. The third-order valence-corrected chi connectivity index (χ3v) is 4.90. The van der Waals surface area contributed by atoms with Crippen LogP contribution in [0.15, 0.2) is 12.4 Å². The SMILES string of the molecule is CCN(Cc1nccn1C)C(=O)N[C@H]1C[C@H]2C(=O)N(C)CC(=O)N2C1. The minimum atomic E-state index is -0.457. The third-order valence-electron chi connectivity index (χ3n) is 4.90. The Labute approximate surface area is 146 Å². The van der Waals surface area contributed by atoms with E-state index >= 15 is 0 Å². The minimum Gasteiger partial charge on any atom is -0.337 e. The topological polar surface area (TPSA) is 90.8 Å². The summed E-state index contributed by atoms with van der Waals surface area (Å²) in [7, 11) is 3.52. The number of hydrogen-bond acceptors (Lipinski definition) is 4. The van der Waals surface area contributed by atoms with Crippen LogP contribution in [-0.4, -0.2) is 80.9 Å². The van der Waals surface area contributed by atoms with Crippen molar-refractivity contribution in [2.75, 3.05) is 26.7 Å².